The molecular weight excluding hydrogens is 448 g/mol. The van der Waals surface area contributed by atoms with Crippen LogP contribution in [0.5, 0.6) is 11.5 Å². The SMILES string of the molecule is Cc1cc(-c2ccc(OC3CCCCC3)cc2)nc(-c2ccc(OCCN3CCN(C)CC3)cc2)n1. The highest BCUT2D eigenvalue weighted by atomic mass is 16.5. The molecule has 6 heteroatoms. The Kier molecular flexibility index (Phi) is 8.14. The van der Waals surface area contributed by atoms with Crippen LogP contribution in [0.1, 0.15) is 37.8 Å². The van der Waals surface area contributed by atoms with Gasteiger partial charge in [0.25, 0.3) is 0 Å². The number of hydrogen-bond donors (Lipinski definition) is 0. The van der Waals surface area contributed by atoms with Gasteiger partial charge in [-0.05, 0) is 94.3 Å². The van der Waals surface area contributed by atoms with Crippen molar-refractivity contribution in [3.8, 4) is 34.1 Å². The lowest BCUT2D eigenvalue weighted by molar-refractivity contribution is 0.134. The molecule has 0 amide bonds. The van der Waals surface area contributed by atoms with Crippen LogP contribution in [-0.4, -0.2) is 72.3 Å². The zero-order chi connectivity index (χ0) is 24.7. The normalized spacial score (nSPS) is 17.7. The van der Waals surface area contributed by atoms with Gasteiger partial charge in [-0.25, -0.2) is 9.97 Å². The molecule has 36 heavy (non-hydrogen) atoms. The maximum atomic E-state index is 6.19. The summed E-state index contributed by atoms with van der Waals surface area (Å²) < 4.78 is 12.2. The first-order valence-corrected chi connectivity index (χ1v) is 13.4. The number of rotatable bonds is 8. The van der Waals surface area contributed by atoms with E-state index in [0.29, 0.717) is 12.7 Å². The molecule has 0 spiro atoms. The van der Waals surface area contributed by atoms with Crippen molar-refractivity contribution < 1.29 is 9.47 Å². The number of aromatic nitrogens is 2. The van der Waals surface area contributed by atoms with Gasteiger partial charge in [0.05, 0.1) is 11.8 Å². The van der Waals surface area contributed by atoms with Crippen LogP contribution in [0.2, 0.25) is 0 Å². The molecule has 2 aliphatic rings. The van der Waals surface area contributed by atoms with E-state index in [1.807, 2.05) is 37.3 Å². The molecule has 3 aromatic rings. The number of nitrogens with zero attached hydrogens (tertiary/aromatic N) is 4. The third-order valence-corrected chi connectivity index (χ3v) is 7.24. The van der Waals surface area contributed by atoms with E-state index in [2.05, 4.69) is 41.1 Å². The van der Waals surface area contributed by atoms with Crippen molar-refractivity contribution in [3.05, 3.63) is 60.3 Å². The summed E-state index contributed by atoms with van der Waals surface area (Å²) in [5, 5.41) is 0. The van der Waals surface area contributed by atoms with Gasteiger partial charge < -0.3 is 14.4 Å². The number of aryl methyl sites for hydroxylation is 1. The molecule has 0 atom stereocenters. The molecule has 0 bridgehead atoms. The minimum Gasteiger partial charge on any atom is -0.492 e. The molecule has 2 fully saturated rings. The maximum Gasteiger partial charge on any atom is 0.160 e. The van der Waals surface area contributed by atoms with Crippen molar-refractivity contribution in [2.24, 2.45) is 0 Å². The Balaban J connectivity index is 1.20. The Labute approximate surface area is 215 Å². The van der Waals surface area contributed by atoms with Crippen LogP contribution >= 0.6 is 0 Å². The first-order valence-electron chi connectivity index (χ1n) is 13.4. The Morgan fingerprint density at radius 2 is 1.47 bits per heavy atom. The van der Waals surface area contributed by atoms with Crippen molar-refractivity contribution >= 4 is 0 Å². The van der Waals surface area contributed by atoms with Gasteiger partial charge in [-0.2, -0.15) is 0 Å². The third kappa shape index (κ3) is 6.62. The highest BCUT2D eigenvalue weighted by Crippen LogP contribution is 2.28. The van der Waals surface area contributed by atoms with E-state index in [-0.39, 0.29) is 0 Å². The van der Waals surface area contributed by atoms with Crippen LogP contribution in [-0.2, 0) is 0 Å². The molecule has 0 N–H and O–H groups in total. The summed E-state index contributed by atoms with van der Waals surface area (Å²) in [7, 11) is 2.18. The largest absolute Gasteiger partial charge is 0.492 e. The molecule has 6 nitrogen and oxygen atoms in total. The van der Waals surface area contributed by atoms with Crippen LogP contribution in [0.3, 0.4) is 0 Å². The van der Waals surface area contributed by atoms with Gasteiger partial charge in [0.1, 0.15) is 18.1 Å². The smallest absolute Gasteiger partial charge is 0.160 e. The Bertz CT molecular complexity index is 1100. The number of hydrogen-bond acceptors (Lipinski definition) is 6. The van der Waals surface area contributed by atoms with Gasteiger partial charge >= 0.3 is 0 Å². The van der Waals surface area contributed by atoms with E-state index < -0.39 is 0 Å². The van der Waals surface area contributed by atoms with Crippen LogP contribution in [0, 0.1) is 6.92 Å². The molecule has 0 unspecified atom stereocenters. The Morgan fingerprint density at radius 1 is 0.806 bits per heavy atom. The molecule has 2 aromatic carbocycles. The van der Waals surface area contributed by atoms with E-state index in [1.165, 1.54) is 19.3 Å². The number of ether oxygens (including phenoxy) is 2. The fourth-order valence-electron chi connectivity index (χ4n) is 4.99. The molecule has 1 saturated heterocycles. The summed E-state index contributed by atoms with van der Waals surface area (Å²) in [4.78, 5) is 14.4. The second-order valence-corrected chi connectivity index (χ2v) is 10.1. The zero-order valence-corrected chi connectivity index (χ0v) is 21.7. The standard InChI is InChI=1S/C30H38N4O2/c1-23-22-29(24-8-14-28(15-9-24)36-27-6-4-3-5-7-27)32-30(31-23)25-10-12-26(13-11-25)35-21-20-34-18-16-33(2)17-19-34/h8-15,22,27H,3-7,16-21H2,1-2H3. The van der Waals surface area contributed by atoms with Gasteiger partial charge in [-0.15, -0.1) is 0 Å². The Morgan fingerprint density at radius 3 is 2.19 bits per heavy atom. The fourth-order valence-corrected chi connectivity index (χ4v) is 4.99. The summed E-state index contributed by atoms with van der Waals surface area (Å²) in [5.41, 5.74) is 3.93. The van der Waals surface area contributed by atoms with E-state index in [4.69, 9.17) is 19.4 Å². The number of piperazine rings is 1. The summed E-state index contributed by atoms with van der Waals surface area (Å²) in [5.74, 6) is 2.56. The Hall–Kier alpha value is -2.96. The van der Waals surface area contributed by atoms with Gasteiger partial charge in [-0.1, -0.05) is 6.42 Å². The van der Waals surface area contributed by atoms with Gasteiger partial charge in [0.15, 0.2) is 5.82 Å². The predicted molar refractivity (Wildman–Crippen MR) is 145 cm³/mol. The highest BCUT2D eigenvalue weighted by molar-refractivity contribution is 5.65. The summed E-state index contributed by atoms with van der Waals surface area (Å²) in [6.45, 7) is 8.17. The van der Waals surface area contributed by atoms with Crippen LogP contribution in [0.25, 0.3) is 22.6 Å². The van der Waals surface area contributed by atoms with Crippen molar-refractivity contribution in [3.63, 3.8) is 0 Å². The minimum absolute atomic E-state index is 0.358. The molecule has 0 radical (unpaired) electrons. The lowest BCUT2D eigenvalue weighted by Gasteiger charge is -2.32. The van der Waals surface area contributed by atoms with Gasteiger partial charge in [0.2, 0.25) is 0 Å². The highest BCUT2D eigenvalue weighted by Gasteiger charge is 2.15. The summed E-state index contributed by atoms with van der Waals surface area (Å²) in [6.07, 6.45) is 6.56. The first kappa shape index (κ1) is 24.7. The van der Waals surface area contributed by atoms with Gasteiger partial charge in [0, 0.05) is 49.5 Å². The average molecular weight is 487 g/mol. The minimum atomic E-state index is 0.358. The number of likely N-dealkylation sites (N-methyl/N-ethyl adjacent to an activating group) is 1. The molecule has 1 aliphatic carbocycles. The van der Waals surface area contributed by atoms with Crippen molar-refractivity contribution in [2.45, 2.75) is 45.1 Å². The van der Waals surface area contributed by atoms with E-state index in [1.54, 1.807) is 0 Å². The second kappa shape index (κ2) is 11.8. The lowest BCUT2D eigenvalue weighted by Crippen LogP contribution is -2.45. The lowest BCUT2D eigenvalue weighted by atomic mass is 9.98. The summed E-state index contributed by atoms with van der Waals surface area (Å²) >= 11 is 0. The van der Waals surface area contributed by atoms with Crippen LogP contribution in [0.4, 0.5) is 0 Å². The molecular formula is C30H38N4O2. The third-order valence-electron chi connectivity index (χ3n) is 7.24. The average Bonchev–Trinajstić information content (AvgIpc) is 2.91. The molecule has 190 valence electrons. The van der Waals surface area contributed by atoms with E-state index >= 15 is 0 Å². The first-order chi connectivity index (χ1) is 17.6. The van der Waals surface area contributed by atoms with Gasteiger partial charge in [-0.3, -0.25) is 4.90 Å². The summed E-state index contributed by atoms with van der Waals surface area (Å²) in [6, 6.07) is 18.5. The second-order valence-electron chi connectivity index (χ2n) is 10.1. The number of benzene rings is 2. The molecule has 2 heterocycles. The maximum absolute atomic E-state index is 6.19. The predicted octanol–water partition coefficient (Wildman–Crippen LogP) is 5.46. The fraction of sp³-hybridized carbons (Fsp3) is 0.467. The topological polar surface area (TPSA) is 50.7 Å². The molecule has 1 aliphatic heterocycles. The van der Waals surface area contributed by atoms with Crippen molar-refractivity contribution in [2.75, 3.05) is 46.4 Å². The zero-order valence-electron chi connectivity index (χ0n) is 21.7. The molecule has 1 aromatic heterocycles. The van der Waals surface area contributed by atoms with Crippen LogP contribution in [0.15, 0.2) is 54.6 Å². The quantitative estimate of drug-likeness (QED) is 0.422. The molecule has 1 saturated carbocycles. The monoisotopic (exact) mass is 486 g/mol. The van der Waals surface area contributed by atoms with Crippen molar-refractivity contribution in [1.82, 2.24) is 19.8 Å². The van der Waals surface area contributed by atoms with E-state index in [9.17, 15) is 0 Å². The van der Waals surface area contributed by atoms with Crippen LogP contribution < -0.4 is 9.47 Å². The molecule has 5 rings (SSSR count). The van der Waals surface area contributed by atoms with Crippen molar-refractivity contribution in [1.29, 1.82) is 0 Å². The van der Waals surface area contributed by atoms with E-state index in [0.717, 1.165) is 85.4 Å².